The lowest BCUT2D eigenvalue weighted by Gasteiger charge is -2.15. The number of benzene rings is 2. The molecular weight excluding hydrogens is 371 g/mol. The van der Waals surface area contributed by atoms with Gasteiger partial charge in [-0.1, -0.05) is 18.2 Å². The summed E-state index contributed by atoms with van der Waals surface area (Å²) in [6, 6.07) is 10.8. The van der Waals surface area contributed by atoms with E-state index in [9.17, 15) is 18.0 Å². The Morgan fingerprint density at radius 1 is 1.07 bits per heavy atom. The van der Waals surface area contributed by atoms with Crippen LogP contribution in [0.25, 0.3) is 0 Å². The second-order valence-corrected chi connectivity index (χ2v) is 5.91. The van der Waals surface area contributed by atoms with E-state index in [0.29, 0.717) is 5.69 Å². The van der Waals surface area contributed by atoms with Gasteiger partial charge in [-0.05, 0) is 35.4 Å². The molecule has 3 N–H and O–H groups in total. The van der Waals surface area contributed by atoms with Gasteiger partial charge in [0, 0.05) is 18.3 Å². The van der Waals surface area contributed by atoms with Crippen molar-refractivity contribution in [2.75, 3.05) is 18.2 Å². The molecule has 0 fully saturated rings. The van der Waals surface area contributed by atoms with Crippen molar-refractivity contribution in [3.8, 4) is 0 Å². The average Bonchev–Trinajstić information content (AvgIpc) is 2.71. The standard InChI is InChI=1S/C20H16F3N3O2/c1-28-20(27)14-10-12(9-11-7-8-25-19(24)16(11)22)15(21)17(23)18(14)26-13-5-3-2-4-6-13/h2-8,10,26H,9H2,1H3,(H2,24,25). The van der Waals surface area contributed by atoms with Crippen LogP contribution >= 0.6 is 0 Å². The van der Waals surface area contributed by atoms with E-state index in [-0.39, 0.29) is 34.6 Å². The van der Waals surface area contributed by atoms with E-state index >= 15 is 0 Å². The molecule has 0 bridgehead atoms. The minimum Gasteiger partial charge on any atom is -0.465 e. The summed E-state index contributed by atoms with van der Waals surface area (Å²) in [7, 11) is 1.12. The summed E-state index contributed by atoms with van der Waals surface area (Å²) in [5.41, 5.74) is 5.08. The van der Waals surface area contributed by atoms with Crippen LogP contribution in [0.1, 0.15) is 21.5 Å². The number of hydrogen-bond acceptors (Lipinski definition) is 5. The van der Waals surface area contributed by atoms with Crippen molar-refractivity contribution < 1.29 is 22.7 Å². The van der Waals surface area contributed by atoms with Crippen molar-refractivity contribution in [2.45, 2.75) is 6.42 Å². The fourth-order valence-corrected chi connectivity index (χ4v) is 2.71. The number of aromatic nitrogens is 1. The lowest BCUT2D eigenvalue weighted by molar-refractivity contribution is 0.0601. The van der Waals surface area contributed by atoms with Gasteiger partial charge in [0.25, 0.3) is 0 Å². The summed E-state index contributed by atoms with van der Waals surface area (Å²) in [5.74, 6) is -4.53. The zero-order chi connectivity index (χ0) is 20.3. The number of methoxy groups -OCH3 is 1. The third-order valence-electron chi connectivity index (χ3n) is 4.11. The van der Waals surface area contributed by atoms with Crippen LogP contribution in [0.3, 0.4) is 0 Å². The zero-order valence-corrected chi connectivity index (χ0v) is 14.8. The molecule has 0 aliphatic rings. The number of halogens is 3. The van der Waals surface area contributed by atoms with E-state index in [1.807, 2.05) is 0 Å². The maximum atomic E-state index is 14.8. The second-order valence-electron chi connectivity index (χ2n) is 5.91. The molecule has 28 heavy (non-hydrogen) atoms. The number of para-hydroxylation sites is 1. The SMILES string of the molecule is COC(=O)c1cc(Cc2ccnc(N)c2F)c(F)c(F)c1Nc1ccccc1. The van der Waals surface area contributed by atoms with Crippen LogP contribution in [-0.2, 0) is 11.2 Å². The Morgan fingerprint density at radius 3 is 2.46 bits per heavy atom. The van der Waals surface area contributed by atoms with Crippen LogP contribution < -0.4 is 11.1 Å². The lowest BCUT2D eigenvalue weighted by atomic mass is 10.00. The van der Waals surface area contributed by atoms with Gasteiger partial charge in [-0.3, -0.25) is 0 Å². The Hall–Kier alpha value is -3.55. The van der Waals surface area contributed by atoms with Gasteiger partial charge in [-0.15, -0.1) is 0 Å². The zero-order valence-electron chi connectivity index (χ0n) is 14.8. The maximum Gasteiger partial charge on any atom is 0.340 e. The predicted molar refractivity (Wildman–Crippen MR) is 98.8 cm³/mol. The maximum absolute atomic E-state index is 14.8. The molecule has 0 amide bonds. The van der Waals surface area contributed by atoms with E-state index < -0.39 is 23.4 Å². The molecule has 8 heteroatoms. The molecular formula is C20H16F3N3O2. The van der Waals surface area contributed by atoms with Crippen molar-refractivity contribution in [2.24, 2.45) is 0 Å². The van der Waals surface area contributed by atoms with Gasteiger partial charge in [-0.25, -0.2) is 22.9 Å². The lowest BCUT2D eigenvalue weighted by Crippen LogP contribution is -2.12. The number of nitrogens with two attached hydrogens (primary N) is 1. The van der Waals surface area contributed by atoms with Gasteiger partial charge < -0.3 is 15.8 Å². The minimum absolute atomic E-state index is 0.0189. The van der Waals surface area contributed by atoms with Crippen molar-refractivity contribution in [3.05, 3.63) is 82.8 Å². The molecule has 2 aromatic carbocycles. The van der Waals surface area contributed by atoms with Gasteiger partial charge >= 0.3 is 5.97 Å². The van der Waals surface area contributed by atoms with Gasteiger partial charge in [0.15, 0.2) is 23.3 Å². The molecule has 0 radical (unpaired) electrons. The first kappa shape index (κ1) is 19.2. The van der Waals surface area contributed by atoms with E-state index in [2.05, 4.69) is 15.0 Å². The first-order valence-electron chi connectivity index (χ1n) is 8.22. The highest BCUT2D eigenvalue weighted by molar-refractivity contribution is 5.97. The van der Waals surface area contributed by atoms with Crippen LogP contribution in [0, 0.1) is 17.5 Å². The summed E-state index contributed by atoms with van der Waals surface area (Å²) >= 11 is 0. The molecule has 0 aliphatic carbocycles. The molecule has 144 valence electrons. The second kappa shape index (κ2) is 7.99. The van der Waals surface area contributed by atoms with Gasteiger partial charge in [0.2, 0.25) is 0 Å². The van der Waals surface area contributed by atoms with Crippen molar-refractivity contribution in [3.63, 3.8) is 0 Å². The number of hydrogen-bond donors (Lipinski definition) is 2. The van der Waals surface area contributed by atoms with Crippen molar-refractivity contribution in [1.82, 2.24) is 4.98 Å². The van der Waals surface area contributed by atoms with Crippen LogP contribution in [0.5, 0.6) is 0 Å². The van der Waals surface area contributed by atoms with Crippen molar-refractivity contribution >= 4 is 23.2 Å². The fourth-order valence-electron chi connectivity index (χ4n) is 2.71. The number of carbonyl (C=O) groups is 1. The van der Waals surface area contributed by atoms with Crippen LogP contribution in [-0.4, -0.2) is 18.1 Å². The number of nitrogens with zero attached hydrogens (tertiary/aromatic N) is 1. The number of esters is 1. The molecule has 0 spiro atoms. The van der Waals surface area contributed by atoms with Crippen LogP contribution in [0.15, 0.2) is 48.7 Å². The van der Waals surface area contributed by atoms with E-state index in [4.69, 9.17) is 5.73 Å². The molecule has 3 aromatic rings. The highest BCUT2D eigenvalue weighted by Crippen LogP contribution is 2.31. The summed E-state index contributed by atoms with van der Waals surface area (Å²) in [6.45, 7) is 0. The molecule has 5 nitrogen and oxygen atoms in total. The Bertz CT molecular complexity index is 1030. The largest absolute Gasteiger partial charge is 0.465 e. The normalized spacial score (nSPS) is 10.6. The first-order valence-corrected chi connectivity index (χ1v) is 8.22. The highest BCUT2D eigenvalue weighted by atomic mass is 19.2. The number of ether oxygens (including phenoxy) is 1. The number of nitrogens with one attached hydrogen (secondary N) is 1. The van der Waals surface area contributed by atoms with Gasteiger partial charge in [-0.2, -0.15) is 0 Å². The topological polar surface area (TPSA) is 77.2 Å². The van der Waals surface area contributed by atoms with Gasteiger partial charge in [0.05, 0.1) is 18.4 Å². The molecule has 3 rings (SSSR count). The number of rotatable bonds is 5. The molecule has 0 unspecified atom stereocenters. The van der Waals surface area contributed by atoms with Crippen LogP contribution in [0.2, 0.25) is 0 Å². The van der Waals surface area contributed by atoms with E-state index in [1.54, 1.807) is 30.3 Å². The number of anilines is 3. The number of pyridine rings is 1. The van der Waals surface area contributed by atoms with Crippen LogP contribution in [0.4, 0.5) is 30.4 Å². The highest BCUT2D eigenvalue weighted by Gasteiger charge is 2.24. The molecule has 1 aromatic heterocycles. The Kier molecular flexibility index (Phi) is 5.49. The molecule has 0 aliphatic heterocycles. The summed E-state index contributed by atoms with van der Waals surface area (Å²) in [6.07, 6.45) is 0.936. The minimum atomic E-state index is -1.27. The summed E-state index contributed by atoms with van der Waals surface area (Å²) < 4.78 is 48.3. The Morgan fingerprint density at radius 2 is 1.79 bits per heavy atom. The average molecular weight is 387 g/mol. The quantitative estimate of drug-likeness (QED) is 0.642. The predicted octanol–water partition coefficient (Wildman–Crippen LogP) is 4.20. The number of carbonyl (C=O) groups excluding carboxylic acids is 1. The smallest absolute Gasteiger partial charge is 0.340 e. The van der Waals surface area contributed by atoms with Crippen molar-refractivity contribution in [1.29, 1.82) is 0 Å². The monoisotopic (exact) mass is 387 g/mol. The third kappa shape index (κ3) is 3.75. The summed E-state index contributed by atoms with van der Waals surface area (Å²) in [5, 5.41) is 2.69. The third-order valence-corrected chi connectivity index (χ3v) is 4.11. The molecule has 0 saturated carbocycles. The Labute approximate surface area is 159 Å². The van der Waals surface area contributed by atoms with E-state index in [0.717, 1.165) is 13.2 Å². The molecule has 0 atom stereocenters. The molecule has 0 saturated heterocycles. The molecule has 1 heterocycles. The van der Waals surface area contributed by atoms with E-state index in [1.165, 1.54) is 12.3 Å². The first-order chi connectivity index (χ1) is 13.4. The summed E-state index contributed by atoms with van der Waals surface area (Å²) in [4.78, 5) is 15.8. The van der Waals surface area contributed by atoms with Gasteiger partial charge in [0.1, 0.15) is 0 Å². The number of nitrogen functional groups attached to an aromatic ring is 1. The Balaban J connectivity index is 2.09. The fraction of sp³-hybridized carbons (Fsp3) is 0.100.